The number of hydrogen-bond donors (Lipinski definition) is 1. The number of allylic oxidation sites excluding steroid dienone is 1. The molecule has 0 radical (unpaired) electrons. The van der Waals surface area contributed by atoms with Gasteiger partial charge in [-0.1, -0.05) is 54.8 Å². The van der Waals surface area contributed by atoms with Gasteiger partial charge < -0.3 is 14.7 Å². The van der Waals surface area contributed by atoms with Crippen LogP contribution in [0.15, 0.2) is 94.4 Å². The highest BCUT2D eigenvalue weighted by atomic mass is 19.4. The van der Waals surface area contributed by atoms with Gasteiger partial charge in [-0.2, -0.15) is 13.2 Å². The van der Waals surface area contributed by atoms with Gasteiger partial charge in [0.2, 0.25) is 0 Å². The molecule has 1 aromatic heterocycles. The molecule has 1 saturated carbocycles. The van der Waals surface area contributed by atoms with Gasteiger partial charge in [0.05, 0.1) is 23.8 Å². The van der Waals surface area contributed by atoms with Crippen molar-refractivity contribution in [2.45, 2.75) is 50.9 Å². The molecule has 0 bridgehead atoms. The molecule has 1 aliphatic carbocycles. The summed E-state index contributed by atoms with van der Waals surface area (Å²) in [4.78, 5) is 1.93. The van der Waals surface area contributed by atoms with E-state index in [1.165, 1.54) is 54.9 Å². The number of benzene rings is 2. The van der Waals surface area contributed by atoms with Crippen molar-refractivity contribution < 1.29 is 22.1 Å². The zero-order chi connectivity index (χ0) is 26.3. The van der Waals surface area contributed by atoms with Gasteiger partial charge in [0, 0.05) is 29.6 Å². The van der Waals surface area contributed by atoms with Crippen LogP contribution in [-0.4, -0.2) is 10.1 Å². The molecule has 6 rings (SSSR count). The molecule has 1 N–H and O–H groups in total. The summed E-state index contributed by atoms with van der Waals surface area (Å²) in [7, 11) is 0. The van der Waals surface area contributed by atoms with Crippen LogP contribution in [-0.2, 0) is 12.7 Å². The van der Waals surface area contributed by atoms with Crippen LogP contribution in [0.4, 0.5) is 17.6 Å². The molecule has 38 heavy (non-hydrogen) atoms. The van der Waals surface area contributed by atoms with Crippen molar-refractivity contribution in [3.63, 3.8) is 0 Å². The minimum absolute atomic E-state index is 0.0178. The van der Waals surface area contributed by atoms with Gasteiger partial charge in [0.1, 0.15) is 11.5 Å². The van der Waals surface area contributed by atoms with Crippen LogP contribution in [0.2, 0.25) is 0 Å². The molecule has 3 aliphatic rings. The molecule has 8 heteroatoms. The highest BCUT2D eigenvalue weighted by Crippen LogP contribution is 2.45. The summed E-state index contributed by atoms with van der Waals surface area (Å²) in [5, 5.41) is 7.57. The third-order valence-corrected chi connectivity index (χ3v) is 7.58. The Kier molecular flexibility index (Phi) is 6.33. The Morgan fingerprint density at radius 1 is 1.00 bits per heavy atom. The van der Waals surface area contributed by atoms with Crippen molar-refractivity contribution in [3.8, 4) is 11.3 Å². The summed E-state index contributed by atoms with van der Waals surface area (Å²) in [6, 6.07) is 14.6. The standard InChI is InChI=1S/C30H27F4N3O/c31-21-11-12-23(25(15-21)30(32,33)34)26-16-22(38-36-26)17-37-14-13-24-27(18-37)35-29(20-9-5-2-6-10-20)28(24)19-7-3-1-4-8-19/h2,5-6,9-16,18-19,29,35H,1,3-4,7-8,17H2. The first kappa shape index (κ1) is 24.5. The van der Waals surface area contributed by atoms with Crippen LogP contribution in [0.1, 0.15) is 55.0 Å². The first-order valence-electron chi connectivity index (χ1n) is 12.9. The van der Waals surface area contributed by atoms with Crippen LogP contribution < -0.4 is 5.32 Å². The van der Waals surface area contributed by atoms with Crippen LogP contribution in [0.5, 0.6) is 0 Å². The summed E-state index contributed by atoms with van der Waals surface area (Å²) in [5.41, 5.74) is 3.65. The zero-order valence-electron chi connectivity index (χ0n) is 20.6. The van der Waals surface area contributed by atoms with E-state index in [0.29, 0.717) is 24.3 Å². The topological polar surface area (TPSA) is 41.3 Å². The summed E-state index contributed by atoms with van der Waals surface area (Å²) in [6.07, 6.45) is 7.56. The molecular weight excluding hydrogens is 494 g/mol. The van der Waals surface area contributed by atoms with Crippen molar-refractivity contribution in [2.24, 2.45) is 5.92 Å². The third-order valence-electron chi connectivity index (χ3n) is 7.58. The Hall–Kier alpha value is -3.81. The van der Waals surface area contributed by atoms with Gasteiger partial charge in [0.25, 0.3) is 0 Å². The molecule has 1 fully saturated rings. The summed E-state index contributed by atoms with van der Waals surface area (Å²) >= 11 is 0. The van der Waals surface area contributed by atoms with Gasteiger partial charge in [-0.25, -0.2) is 4.39 Å². The summed E-state index contributed by atoms with van der Waals surface area (Å²) < 4.78 is 59.3. The Bertz CT molecular complexity index is 1410. The molecule has 2 aromatic carbocycles. The molecule has 3 aromatic rings. The fourth-order valence-electron chi connectivity index (χ4n) is 5.84. The lowest BCUT2D eigenvalue weighted by molar-refractivity contribution is -0.137. The average molecular weight is 522 g/mol. The quantitative estimate of drug-likeness (QED) is 0.347. The van der Waals surface area contributed by atoms with Crippen LogP contribution >= 0.6 is 0 Å². The van der Waals surface area contributed by atoms with Crippen molar-refractivity contribution in [1.29, 1.82) is 0 Å². The van der Waals surface area contributed by atoms with Crippen molar-refractivity contribution >= 4 is 0 Å². The molecule has 0 spiro atoms. The van der Waals surface area contributed by atoms with E-state index in [9.17, 15) is 17.6 Å². The highest BCUT2D eigenvalue weighted by Gasteiger charge is 2.36. The predicted molar refractivity (Wildman–Crippen MR) is 136 cm³/mol. The van der Waals surface area contributed by atoms with Gasteiger partial charge >= 0.3 is 6.18 Å². The van der Waals surface area contributed by atoms with Gasteiger partial charge in [-0.3, -0.25) is 0 Å². The van der Waals surface area contributed by atoms with E-state index in [1.54, 1.807) is 0 Å². The Morgan fingerprint density at radius 2 is 1.79 bits per heavy atom. The molecular formula is C30H27F4N3O. The largest absolute Gasteiger partial charge is 0.417 e. The maximum absolute atomic E-state index is 13.5. The normalized spacial score (nSPS) is 19.9. The molecule has 2 aliphatic heterocycles. The smallest absolute Gasteiger partial charge is 0.373 e. The molecule has 4 nitrogen and oxygen atoms in total. The van der Waals surface area contributed by atoms with E-state index < -0.39 is 17.6 Å². The van der Waals surface area contributed by atoms with E-state index in [4.69, 9.17) is 4.52 Å². The van der Waals surface area contributed by atoms with Crippen LogP contribution in [0, 0.1) is 11.7 Å². The zero-order valence-corrected chi connectivity index (χ0v) is 20.6. The minimum atomic E-state index is -4.71. The first-order chi connectivity index (χ1) is 18.4. The molecule has 196 valence electrons. The first-order valence-corrected chi connectivity index (χ1v) is 12.9. The van der Waals surface area contributed by atoms with Crippen molar-refractivity contribution in [1.82, 2.24) is 15.4 Å². The van der Waals surface area contributed by atoms with E-state index in [-0.39, 0.29) is 17.3 Å². The number of nitrogens with zero attached hydrogens (tertiary/aromatic N) is 2. The van der Waals surface area contributed by atoms with Crippen molar-refractivity contribution in [3.05, 3.63) is 113 Å². The summed E-state index contributed by atoms with van der Waals surface area (Å²) in [5.74, 6) is -0.0189. The molecule has 1 atom stereocenters. The van der Waals surface area contributed by atoms with E-state index in [0.717, 1.165) is 17.8 Å². The van der Waals surface area contributed by atoms with Gasteiger partial charge in [-0.05, 0) is 54.2 Å². The Balaban J connectivity index is 1.26. The Labute approximate surface area is 218 Å². The minimum Gasteiger partial charge on any atom is -0.373 e. The van der Waals surface area contributed by atoms with Crippen molar-refractivity contribution in [2.75, 3.05) is 0 Å². The Morgan fingerprint density at radius 3 is 2.55 bits per heavy atom. The molecule has 0 saturated heterocycles. The fraction of sp³-hybridized carbons (Fsp3) is 0.300. The van der Waals surface area contributed by atoms with Gasteiger partial charge in [-0.15, -0.1) is 0 Å². The lowest BCUT2D eigenvalue weighted by Crippen LogP contribution is -2.21. The molecule has 1 unspecified atom stereocenters. The number of rotatable bonds is 5. The second kappa shape index (κ2) is 9.82. The monoisotopic (exact) mass is 521 g/mol. The third kappa shape index (κ3) is 4.75. The van der Waals surface area contributed by atoms with Crippen LogP contribution in [0.3, 0.4) is 0 Å². The van der Waals surface area contributed by atoms with Gasteiger partial charge in [0.15, 0.2) is 5.76 Å². The lowest BCUT2D eigenvalue weighted by Gasteiger charge is -2.28. The fourth-order valence-corrected chi connectivity index (χ4v) is 5.84. The number of aromatic nitrogens is 1. The van der Waals surface area contributed by atoms with E-state index in [1.807, 2.05) is 23.4 Å². The van der Waals surface area contributed by atoms with E-state index >= 15 is 0 Å². The molecule has 3 heterocycles. The average Bonchev–Trinajstić information content (AvgIpc) is 3.54. The predicted octanol–water partition coefficient (Wildman–Crippen LogP) is 7.89. The number of fused-ring (bicyclic) bond motifs is 1. The highest BCUT2D eigenvalue weighted by molar-refractivity contribution is 5.64. The van der Waals surface area contributed by atoms with Crippen LogP contribution in [0.25, 0.3) is 11.3 Å². The summed E-state index contributed by atoms with van der Waals surface area (Å²) in [6.45, 7) is 0.291. The second-order valence-corrected chi connectivity index (χ2v) is 10.1. The molecule has 0 amide bonds. The maximum Gasteiger partial charge on any atom is 0.417 e. The number of hydrogen-bond acceptors (Lipinski definition) is 4. The lowest BCUT2D eigenvalue weighted by atomic mass is 9.78. The SMILES string of the molecule is Fc1ccc(-c2cc(CN3C=CC4=C(C5CCCCC5)C(c5ccccc5)NC4=C3)on2)c(C(F)(F)F)c1. The maximum atomic E-state index is 13.5. The van der Waals surface area contributed by atoms with E-state index in [2.05, 4.69) is 40.8 Å². The number of halogens is 4. The number of alkyl halides is 3. The number of nitrogens with one attached hydrogen (secondary N) is 1. The second-order valence-electron chi connectivity index (χ2n) is 10.1.